The van der Waals surface area contributed by atoms with Gasteiger partial charge >= 0.3 is 12.1 Å². The number of para-hydroxylation sites is 2. The molecule has 1 N–H and O–H groups in total. The molecule has 7 nitrogen and oxygen atoms in total. The number of amides is 2. The molecule has 2 aromatic carbocycles. The minimum absolute atomic E-state index is 0.200. The summed E-state index contributed by atoms with van der Waals surface area (Å²) in [4.78, 5) is 42.1. The largest absolute Gasteiger partial charge is 0.466 e. The number of anilines is 2. The molecule has 1 spiro atoms. The lowest BCUT2D eigenvalue weighted by Crippen LogP contribution is -2.59. The molecule has 2 amide bonds. The summed E-state index contributed by atoms with van der Waals surface area (Å²) in [6.45, 7) is 7.21. The molecule has 176 valence electrons. The topological polar surface area (TPSA) is 84.9 Å². The van der Waals surface area contributed by atoms with Gasteiger partial charge in [-0.05, 0) is 57.4 Å². The zero-order chi connectivity index (χ0) is 24.3. The van der Waals surface area contributed by atoms with Gasteiger partial charge in [0.1, 0.15) is 11.0 Å². The van der Waals surface area contributed by atoms with E-state index in [0.717, 1.165) is 21.7 Å². The number of allylic oxidation sites excluding steroid dienone is 1. The van der Waals surface area contributed by atoms with Gasteiger partial charge < -0.3 is 14.8 Å². The number of fused-ring (bicyclic) bond motifs is 6. The predicted molar refractivity (Wildman–Crippen MR) is 128 cm³/mol. The molecule has 1 aliphatic carbocycles. The lowest BCUT2D eigenvalue weighted by atomic mass is 9.60. The number of nitrogens with zero attached hydrogens (tertiary/aromatic N) is 1. The van der Waals surface area contributed by atoms with Crippen LogP contribution >= 0.6 is 0 Å². The van der Waals surface area contributed by atoms with E-state index in [1.165, 1.54) is 0 Å². The van der Waals surface area contributed by atoms with Crippen LogP contribution in [-0.2, 0) is 24.5 Å². The highest BCUT2D eigenvalue weighted by Gasteiger charge is 2.66. The Morgan fingerprint density at radius 2 is 1.82 bits per heavy atom. The van der Waals surface area contributed by atoms with E-state index >= 15 is 0 Å². The second-order valence-corrected chi connectivity index (χ2v) is 9.83. The summed E-state index contributed by atoms with van der Waals surface area (Å²) in [6.07, 6.45) is 1.58. The van der Waals surface area contributed by atoms with Crippen LogP contribution in [0.3, 0.4) is 0 Å². The molecule has 34 heavy (non-hydrogen) atoms. The lowest BCUT2D eigenvalue weighted by molar-refractivity contribution is -0.153. The van der Waals surface area contributed by atoms with E-state index in [2.05, 4.69) is 5.32 Å². The van der Waals surface area contributed by atoms with E-state index in [1.54, 1.807) is 39.8 Å². The van der Waals surface area contributed by atoms with Crippen molar-refractivity contribution in [3.8, 4) is 0 Å². The molecule has 2 aliphatic heterocycles. The highest BCUT2D eigenvalue weighted by Crippen LogP contribution is 2.58. The third-order valence-corrected chi connectivity index (χ3v) is 6.72. The van der Waals surface area contributed by atoms with Gasteiger partial charge in [-0.25, -0.2) is 9.69 Å². The Kier molecular flexibility index (Phi) is 5.04. The molecule has 3 unspecified atom stereocenters. The average molecular weight is 461 g/mol. The number of benzene rings is 2. The molecular formula is C27H28N2O5. The summed E-state index contributed by atoms with van der Waals surface area (Å²) in [7, 11) is 0. The van der Waals surface area contributed by atoms with E-state index in [-0.39, 0.29) is 6.61 Å². The van der Waals surface area contributed by atoms with Crippen LogP contribution < -0.4 is 10.2 Å². The van der Waals surface area contributed by atoms with Crippen molar-refractivity contribution in [1.29, 1.82) is 0 Å². The van der Waals surface area contributed by atoms with E-state index in [9.17, 15) is 14.4 Å². The van der Waals surface area contributed by atoms with Gasteiger partial charge in [-0.2, -0.15) is 0 Å². The Hall–Kier alpha value is -3.61. The number of imide groups is 1. The molecule has 5 rings (SSSR count). The molecule has 3 atom stereocenters. The molecule has 0 bridgehead atoms. The van der Waals surface area contributed by atoms with Gasteiger partial charge in [-0.1, -0.05) is 42.5 Å². The van der Waals surface area contributed by atoms with Crippen molar-refractivity contribution in [3.63, 3.8) is 0 Å². The van der Waals surface area contributed by atoms with Crippen molar-refractivity contribution in [2.24, 2.45) is 5.92 Å². The molecule has 0 saturated carbocycles. The summed E-state index contributed by atoms with van der Waals surface area (Å²) in [5.41, 5.74) is 1.75. The number of hydrogen-bond donors (Lipinski definition) is 1. The van der Waals surface area contributed by atoms with Crippen molar-refractivity contribution < 1.29 is 23.9 Å². The first-order chi connectivity index (χ1) is 16.2. The zero-order valence-electron chi connectivity index (χ0n) is 19.8. The van der Waals surface area contributed by atoms with Crippen LogP contribution in [0, 0.1) is 5.92 Å². The van der Waals surface area contributed by atoms with Crippen LogP contribution in [0.15, 0.2) is 54.6 Å². The monoisotopic (exact) mass is 460 g/mol. The van der Waals surface area contributed by atoms with Crippen molar-refractivity contribution in [2.45, 2.75) is 51.2 Å². The fourth-order valence-corrected chi connectivity index (χ4v) is 5.53. The number of carbonyl (C=O) groups excluding carboxylic acids is 3. The van der Waals surface area contributed by atoms with Gasteiger partial charge in [0.25, 0.3) is 5.91 Å². The molecular weight excluding hydrogens is 432 g/mol. The minimum atomic E-state index is -1.36. The average Bonchev–Trinajstić information content (AvgIpc) is 3.28. The molecule has 7 heteroatoms. The number of rotatable bonds is 2. The molecule has 0 fully saturated rings. The van der Waals surface area contributed by atoms with Gasteiger partial charge in [-0.3, -0.25) is 9.59 Å². The number of nitrogens with one attached hydrogen (secondary N) is 1. The van der Waals surface area contributed by atoms with Gasteiger partial charge in [0, 0.05) is 11.3 Å². The normalized spacial score (nSPS) is 24.6. The number of ether oxygens (including phenoxy) is 2. The maximum Gasteiger partial charge on any atom is 0.421 e. The quantitative estimate of drug-likeness (QED) is 0.656. The minimum Gasteiger partial charge on any atom is -0.466 e. The third kappa shape index (κ3) is 3.06. The summed E-state index contributed by atoms with van der Waals surface area (Å²) in [6, 6.07) is 14.5. The maximum absolute atomic E-state index is 14.4. The van der Waals surface area contributed by atoms with Gasteiger partial charge in [-0.15, -0.1) is 0 Å². The Morgan fingerprint density at radius 1 is 1.12 bits per heavy atom. The predicted octanol–water partition coefficient (Wildman–Crippen LogP) is 4.67. The van der Waals surface area contributed by atoms with E-state index in [1.807, 2.05) is 42.5 Å². The molecule has 0 saturated heterocycles. The fourth-order valence-electron chi connectivity index (χ4n) is 5.53. The number of carbonyl (C=O) groups is 3. The van der Waals surface area contributed by atoms with Crippen LogP contribution in [0.25, 0.3) is 5.57 Å². The van der Waals surface area contributed by atoms with E-state index in [0.29, 0.717) is 17.7 Å². The second kappa shape index (κ2) is 7.72. The highest BCUT2D eigenvalue weighted by molar-refractivity contribution is 6.24. The highest BCUT2D eigenvalue weighted by atomic mass is 16.6. The summed E-state index contributed by atoms with van der Waals surface area (Å²) < 4.78 is 11.1. The first-order valence-corrected chi connectivity index (χ1v) is 11.6. The van der Waals surface area contributed by atoms with Gasteiger partial charge in [0.05, 0.1) is 24.3 Å². The van der Waals surface area contributed by atoms with Crippen molar-refractivity contribution in [1.82, 2.24) is 0 Å². The summed E-state index contributed by atoms with van der Waals surface area (Å²) >= 11 is 0. The first-order valence-electron chi connectivity index (χ1n) is 11.6. The van der Waals surface area contributed by atoms with Crippen LogP contribution in [0.2, 0.25) is 0 Å². The Balaban J connectivity index is 1.72. The van der Waals surface area contributed by atoms with Crippen LogP contribution in [-0.4, -0.2) is 36.2 Å². The second-order valence-electron chi connectivity index (χ2n) is 9.83. The van der Waals surface area contributed by atoms with Crippen molar-refractivity contribution in [3.05, 3.63) is 65.7 Å². The van der Waals surface area contributed by atoms with Crippen LogP contribution in [0.4, 0.5) is 16.2 Å². The standard InChI is InChI=1S/C27H28N2O5/c1-5-33-23(30)19-15-14-17-16-10-6-8-12-20(16)28-22(17)27(19)18-11-7-9-13-21(18)29(24(27)31)25(32)34-26(2,3)4/h6-14,19,22,28H,5,15H2,1-4H3. The Morgan fingerprint density at radius 3 is 2.56 bits per heavy atom. The summed E-state index contributed by atoms with van der Waals surface area (Å²) in [5.74, 6) is -1.73. The molecule has 2 aromatic rings. The van der Waals surface area contributed by atoms with Crippen LogP contribution in [0.1, 0.15) is 45.2 Å². The zero-order valence-corrected chi connectivity index (χ0v) is 19.8. The molecule has 3 aliphatic rings. The third-order valence-electron chi connectivity index (χ3n) is 6.72. The Bertz CT molecular complexity index is 1230. The van der Waals surface area contributed by atoms with Crippen molar-refractivity contribution >= 4 is 34.9 Å². The first kappa shape index (κ1) is 22.2. The fraction of sp³-hybridized carbons (Fsp3) is 0.370. The van der Waals surface area contributed by atoms with Gasteiger partial charge in [0.2, 0.25) is 0 Å². The molecule has 0 aromatic heterocycles. The lowest BCUT2D eigenvalue weighted by Gasteiger charge is -2.43. The van der Waals surface area contributed by atoms with Gasteiger partial charge in [0.15, 0.2) is 0 Å². The van der Waals surface area contributed by atoms with Crippen LogP contribution in [0.5, 0.6) is 0 Å². The number of esters is 1. The Labute approximate surface area is 198 Å². The molecule has 2 heterocycles. The van der Waals surface area contributed by atoms with E-state index in [4.69, 9.17) is 9.47 Å². The van der Waals surface area contributed by atoms with Crippen molar-refractivity contribution in [2.75, 3.05) is 16.8 Å². The number of hydrogen-bond acceptors (Lipinski definition) is 6. The smallest absolute Gasteiger partial charge is 0.421 e. The molecule has 0 radical (unpaired) electrons. The maximum atomic E-state index is 14.4. The van der Waals surface area contributed by atoms with E-state index < -0.39 is 40.9 Å². The SMILES string of the molecule is CCOC(=O)C1CC=C2c3ccccc3NC2C12C(=O)N(C(=O)OC(C)(C)C)c1ccccc12. The summed E-state index contributed by atoms with van der Waals surface area (Å²) in [5, 5.41) is 3.50.